The van der Waals surface area contributed by atoms with Crippen molar-refractivity contribution >= 4 is 5.91 Å². The molecule has 146 valence electrons. The lowest BCUT2D eigenvalue weighted by Crippen LogP contribution is -2.28. The van der Waals surface area contributed by atoms with Crippen LogP contribution in [0.15, 0.2) is 36.4 Å². The van der Waals surface area contributed by atoms with E-state index in [4.69, 9.17) is 14.2 Å². The molecule has 0 saturated heterocycles. The first kappa shape index (κ1) is 20.6. The average molecular weight is 371 g/mol. The molecular formula is C22H29NO4. The third-order valence-electron chi connectivity index (χ3n) is 4.23. The highest BCUT2D eigenvalue weighted by molar-refractivity contribution is 5.79. The molecule has 0 aromatic heterocycles. The largest absolute Gasteiger partial charge is 0.496 e. The van der Waals surface area contributed by atoms with Gasteiger partial charge in [0.25, 0.3) is 0 Å². The second-order valence-corrected chi connectivity index (χ2v) is 6.35. The number of amides is 1. The van der Waals surface area contributed by atoms with Crippen LogP contribution in [0, 0.1) is 6.92 Å². The van der Waals surface area contributed by atoms with E-state index in [1.807, 2.05) is 64.1 Å². The van der Waals surface area contributed by atoms with Crippen LogP contribution in [0.5, 0.6) is 17.2 Å². The molecule has 5 heteroatoms. The third-order valence-corrected chi connectivity index (χ3v) is 4.23. The van der Waals surface area contributed by atoms with Crippen molar-refractivity contribution in [1.29, 1.82) is 0 Å². The van der Waals surface area contributed by atoms with Crippen LogP contribution in [0.2, 0.25) is 0 Å². The van der Waals surface area contributed by atoms with Gasteiger partial charge >= 0.3 is 0 Å². The van der Waals surface area contributed by atoms with E-state index in [0.717, 1.165) is 22.4 Å². The van der Waals surface area contributed by atoms with Gasteiger partial charge in [-0.2, -0.15) is 0 Å². The van der Waals surface area contributed by atoms with Crippen molar-refractivity contribution in [3.05, 3.63) is 53.1 Å². The molecule has 0 fully saturated rings. The van der Waals surface area contributed by atoms with Crippen LogP contribution in [-0.4, -0.2) is 26.2 Å². The van der Waals surface area contributed by atoms with E-state index in [2.05, 4.69) is 5.32 Å². The molecule has 2 aromatic carbocycles. The van der Waals surface area contributed by atoms with Gasteiger partial charge in [-0.25, -0.2) is 0 Å². The van der Waals surface area contributed by atoms with Gasteiger partial charge in [0, 0.05) is 5.56 Å². The van der Waals surface area contributed by atoms with Crippen molar-refractivity contribution in [2.24, 2.45) is 0 Å². The van der Waals surface area contributed by atoms with Gasteiger partial charge in [-0.05, 0) is 51.5 Å². The molecule has 27 heavy (non-hydrogen) atoms. The Morgan fingerprint density at radius 1 is 1.00 bits per heavy atom. The van der Waals surface area contributed by atoms with Crippen molar-refractivity contribution in [2.45, 2.75) is 40.2 Å². The highest BCUT2D eigenvalue weighted by atomic mass is 16.5. The van der Waals surface area contributed by atoms with E-state index in [0.29, 0.717) is 24.7 Å². The first-order valence-electron chi connectivity index (χ1n) is 9.30. The van der Waals surface area contributed by atoms with Gasteiger partial charge in [-0.1, -0.05) is 23.8 Å². The van der Waals surface area contributed by atoms with E-state index in [-0.39, 0.29) is 18.4 Å². The fourth-order valence-electron chi connectivity index (χ4n) is 2.93. The number of carbonyl (C=O) groups is 1. The summed E-state index contributed by atoms with van der Waals surface area (Å²) in [5.41, 5.74) is 2.94. The molecule has 0 aliphatic rings. The maximum absolute atomic E-state index is 12.5. The summed E-state index contributed by atoms with van der Waals surface area (Å²) in [5.74, 6) is 2.07. The normalized spacial score (nSPS) is 11.6. The molecule has 2 aromatic rings. The average Bonchev–Trinajstić information content (AvgIpc) is 2.63. The first-order valence-corrected chi connectivity index (χ1v) is 9.30. The van der Waals surface area contributed by atoms with Gasteiger partial charge < -0.3 is 19.5 Å². The fourth-order valence-corrected chi connectivity index (χ4v) is 2.93. The zero-order valence-corrected chi connectivity index (χ0v) is 16.8. The maximum Gasteiger partial charge on any atom is 0.225 e. The Morgan fingerprint density at radius 3 is 2.33 bits per heavy atom. The molecule has 2 rings (SSSR count). The summed E-state index contributed by atoms with van der Waals surface area (Å²) in [4.78, 5) is 12.5. The molecule has 0 unspecified atom stereocenters. The maximum atomic E-state index is 12.5. The van der Waals surface area contributed by atoms with Gasteiger partial charge in [0.05, 0.1) is 32.8 Å². The van der Waals surface area contributed by atoms with Crippen molar-refractivity contribution in [1.82, 2.24) is 5.32 Å². The zero-order chi connectivity index (χ0) is 19.8. The van der Waals surface area contributed by atoms with Crippen LogP contribution < -0.4 is 19.5 Å². The Labute approximate surface area is 161 Å². The molecule has 0 aliphatic heterocycles. The second kappa shape index (κ2) is 9.86. The molecule has 1 atom stereocenters. The highest BCUT2D eigenvalue weighted by Gasteiger charge is 2.15. The van der Waals surface area contributed by atoms with Crippen LogP contribution in [0.25, 0.3) is 0 Å². The lowest BCUT2D eigenvalue weighted by atomic mass is 10.0. The minimum atomic E-state index is -0.150. The van der Waals surface area contributed by atoms with Gasteiger partial charge in [0.2, 0.25) is 5.91 Å². The number of methoxy groups -OCH3 is 1. The third kappa shape index (κ3) is 5.64. The zero-order valence-electron chi connectivity index (χ0n) is 16.8. The van der Waals surface area contributed by atoms with Crippen LogP contribution in [0.1, 0.15) is 43.5 Å². The molecule has 1 N–H and O–H groups in total. The van der Waals surface area contributed by atoms with Crippen LogP contribution in [0.4, 0.5) is 0 Å². The monoisotopic (exact) mass is 371 g/mol. The summed E-state index contributed by atoms with van der Waals surface area (Å²) in [6, 6.07) is 11.4. The summed E-state index contributed by atoms with van der Waals surface area (Å²) in [6.45, 7) is 8.95. The van der Waals surface area contributed by atoms with Gasteiger partial charge in [0.1, 0.15) is 5.75 Å². The standard InChI is InChI=1S/C22H29NO4/c1-6-26-20-11-9-17(13-21(20)27-7-2)16(4)23-22(24)14-18-12-15(3)8-10-19(18)25-5/h8-13,16H,6-7,14H2,1-5H3,(H,23,24)/t16-/m1/s1. The first-order chi connectivity index (χ1) is 13.0. The summed E-state index contributed by atoms with van der Waals surface area (Å²) in [7, 11) is 1.61. The lowest BCUT2D eigenvalue weighted by molar-refractivity contribution is -0.121. The van der Waals surface area contributed by atoms with E-state index in [9.17, 15) is 4.79 Å². The SMILES string of the molecule is CCOc1ccc([C@@H](C)NC(=O)Cc2cc(C)ccc2OC)cc1OCC. The summed E-state index contributed by atoms with van der Waals surface area (Å²) < 4.78 is 16.6. The Kier molecular flexibility index (Phi) is 7.53. The molecule has 0 saturated carbocycles. The Morgan fingerprint density at radius 2 is 1.67 bits per heavy atom. The molecule has 5 nitrogen and oxygen atoms in total. The fraction of sp³-hybridized carbons (Fsp3) is 0.409. The van der Waals surface area contributed by atoms with E-state index < -0.39 is 0 Å². The Hall–Kier alpha value is -2.69. The summed E-state index contributed by atoms with van der Waals surface area (Å²) in [6.07, 6.45) is 0.268. The van der Waals surface area contributed by atoms with E-state index in [1.54, 1.807) is 7.11 Å². The number of hydrogen-bond acceptors (Lipinski definition) is 4. The molecule has 0 bridgehead atoms. The number of hydrogen-bond donors (Lipinski definition) is 1. The van der Waals surface area contributed by atoms with Crippen molar-refractivity contribution < 1.29 is 19.0 Å². The number of aryl methyl sites for hydroxylation is 1. The predicted octanol–water partition coefficient (Wildman–Crippen LogP) is 4.22. The molecule has 0 spiro atoms. The number of benzene rings is 2. The lowest BCUT2D eigenvalue weighted by Gasteiger charge is -2.18. The number of rotatable bonds is 9. The predicted molar refractivity (Wildman–Crippen MR) is 107 cm³/mol. The number of ether oxygens (including phenoxy) is 3. The molecule has 0 heterocycles. The van der Waals surface area contributed by atoms with Crippen LogP contribution in [0.3, 0.4) is 0 Å². The molecular weight excluding hydrogens is 342 g/mol. The van der Waals surface area contributed by atoms with Crippen LogP contribution >= 0.6 is 0 Å². The molecule has 0 aliphatic carbocycles. The quantitative estimate of drug-likeness (QED) is 0.717. The minimum Gasteiger partial charge on any atom is -0.496 e. The molecule has 0 radical (unpaired) electrons. The van der Waals surface area contributed by atoms with E-state index in [1.165, 1.54) is 0 Å². The topological polar surface area (TPSA) is 56.8 Å². The summed E-state index contributed by atoms with van der Waals surface area (Å²) >= 11 is 0. The smallest absolute Gasteiger partial charge is 0.225 e. The Balaban J connectivity index is 2.10. The number of carbonyl (C=O) groups excluding carboxylic acids is 1. The second-order valence-electron chi connectivity index (χ2n) is 6.35. The van der Waals surface area contributed by atoms with Gasteiger partial charge in [-0.15, -0.1) is 0 Å². The summed E-state index contributed by atoms with van der Waals surface area (Å²) in [5, 5.41) is 3.05. The molecule has 1 amide bonds. The van der Waals surface area contributed by atoms with Crippen molar-refractivity contribution in [3.8, 4) is 17.2 Å². The van der Waals surface area contributed by atoms with Gasteiger partial charge in [-0.3, -0.25) is 4.79 Å². The minimum absolute atomic E-state index is 0.0572. The Bertz CT molecular complexity index is 773. The highest BCUT2D eigenvalue weighted by Crippen LogP contribution is 2.31. The van der Waals surface area contributed by atoms with Crippen molar-refractivity contribution in [3.63, 3.8) is 0 Å². The van der Waals surface area contributed by atoms with Gasteiger partial charge in [0.15, 0.2) is 11.5 Å². The number of nitrogens with one attached hydrogen (secondary N) is 1. The van der Waals surface area contributed by atoms with E-state index >= 15 is 0 Å². The van der Waals surface area contributed by atoms with Crippen molar-refractivity contribution in [2.75, 3.05) is 20.3 Å². The van der Waals surface area contributed by atoms with Crippen LogP contribution in [-0.2, 0) is 11.2 Å².